The van der Waals surface area contributed by atoms with Gasteiger partial charge < -0.3 is 0 Å². The Kier molecular flexibility index (Phi) is 5.64. The number of hydrogen-bond donors (Lipinski definition) is 0. The SMILES string of the molecule is CC(C)(C)c1ccc(-c2nnc(SC3CCCCC3=O)n2C2CCCC2)cc1. The quantitative estimate of drug-likeness (QED) is 0.638. The van der Waals surface area contributed by atoms with E-state index in [0.29, 0.717) is 11.8 Å². The molecule has 2 aliphatic rings. The lowest BCUT2D eigenvalue weighted by atomic mass is 9.86. The molecule has 0 radical (unpaired) electrons. The third-order valence-electron chi connectivity index (χ3n) is 6.11. The number of aromatic nitrogens is 3. The van der Waals surface area contributed by atoms with Crippen LogP contribution in [0.3, 0.4) is 0 Å². The van der Waals surface area contributed by atoms with Crippen molar-refractivity contribution in [3.63, 3.8) is 0 Å². The van der Waals surface area contributed by atoms with Crippen molar-refractivity contribution in [1.29, 1.82) is 0 Å². The van der Waals surface area contributed by atoms with Gasteiger partial charge >= 0.3 is 0 Å². The summed E-state index contributed by atoms with van der Waals surface area (Å²) < 4.78 is 2.34. The molecule has 1 aromatic carbocycles. The van der Waals surface area contributed by atoms with E-state index in [9.17, 15) is 4.79 Å². The normalized spacial score (nSPS) is 21.4. The van der Waals surface area contributed by atoms with Crippen LogP contribution < -0.4 is 0 Å². The fourth-order valence-corrected chi connectivity index (χ4v) is 5.59. The van der Waals surface area contributed by atoms with Gasteiger partial charge in [-0.15, -0.1) is 10.2 Å². The molecule has 0 spiro atoms. The number of thioether (sulfide) groups is 1. The average Bonchev–Trinajstić information content (AvgIpc) is 3.32. The Bertz CT molecular complexity index is 829. The monoisotopic (exact) mass is 397 g/mol. The van der Waals surface area contributed by atoms with Crippen LogP contribution in [0.25, 0.3) is 11.4 Å². The Balaban J connectivity index is 1.67. The van der Waals surface area contributed by atoms with Crippen LogP contribution in [-0.4, -0.2) is 25.8 Å². The Morgan fingerprint density at radius 1 is 0.964 bits per heavy atom. The van der Waals surface area contributed by atoms with Gasteiger partial charge in [0.05, 0.1) is 5.25 Å². The van der Waals surface area contributed by atoms with E-state index in [2.05, 4.69) is 59.8 Å². The Hall–Kier alpha value is -1.62. The second-order valence-corrected chi connectivity index (χ2v) is 10.4. The molecule has 0 saturated heterocycles. The van der Waals surface area contributed by atoms with Crippen molar-refractivity contribution in [2.75, 3.05) is 0 Å². The van der Waals surface area contributed by atoms with E-state index in [4.69, 9.17) is 0 Å². The van der Waals surface area contributed by atoms with Crippen LogP contribution in [-0.2, 0) is 10.2 Å². The van der Waals surface area contributed by atoms with Crippen molar-refractivity contribution in [3.05, 3.63) is 29.8 Å². The van der Waals surface area contributed by atoms with Crippen LogP contribution in [0.15, 0.2) is 29.4 Å². The largest absolute Gasteiger partial charge is 0.299 e. The summed E-state index contributed by atoms with van der Waals surface area (Å²) in [6.45, 7) is 6.71. The number of rotatable bonds is 4. The highest BCUT2D eigenvalue weighted by Crippen LogP contribution is 2.39. The minimum Gasteiger partial charge on any atom is -0.299 e. The van der Waals surface area contributed by atoms with E-state index in [1.807, 2.05) is 0 Å². The number of hydrogen-bond acceptors (Lipinski definition) is 4. The number of ketones is 1. The molecule has 1 aromatic heterocycles. The summed E-state index contributed by atoms with van der Waals surface area (Å²) in [7, 11) is 0. The molecule has 1 unspecified atom stereocenters. The van der Waals surface area contributed by atoms with Gasteiger partial charge in [0.2, 0.25) is 0 Å². The van der Waals surface area contributed by atoms with Gasteiger partial charge in [-0.3, -0.25) is 9.36 Å². The standard InChI is InChI=1S/C23H31N3OS/c1-23(2,3)17-14-12-16(13-15-17)21-24-25-22(26(21)18-8-4-5-9-18)28-20-11-7-6-10-19(20)27/h12-15,18,20H,4-11H2,1-3H3. The average molecular weight is 398 g/mol. The fourth-order valence-electron chi connectivity index (χ4n) is 4.37. The first-order valence-electron chi connectivity index (χ1n) is 10.7. The van der Waals surface area contributed by atoms with Crippen molar-refractivity contribution in [3.8, 4) is 11.4 Å². The van der Waals surface area contributed by atoms with E-state index in [1.54, 1.807) is 11.8 Å². The van der Waals surface area contributed by atoms with Gasteiger partial charge in [-0.2, -0.15) is 0 Å². The van der Waals surface area contributed by atoms with Gasteiger partial charge in [0, 0.05) is 18.0 Å². The van der Waals surface area contributed by atoms with E-state index in [0.717, 1.165) is 42.2 Å². The number of carbonyl (C=O) groups is 1. The Morgan fingerprint density at radius 3 is 2.29 bits per heavy atom. The van der Waals surface area contributed by atoms with Crippen molar-refractivity contribution >= 4 is 17.5 Å². The predicted octanol–water partition coefficient (Wildman–Crippen LogP) is 5.96. The summed E-state index contributed by atoms with van der Waals surface area (Å²) in [6.07, 6.45) is 8.75. The first-order chi connectivity index (χ1) is 13.4. The van der Waals surface area contributed by atoms with Gasteiger partial charge in [-0.25, -0.2) is 0 Å². The lowest BCUT2D eigenvalue weighted by Gasteiger charge is -2.22. The van der Waals surface area contributed by atoms with Crippen LogP contribution in [0.5, 0.6) is 0 Å². The maximum absolute atomic E-state index is 12.4. The second-order valence-electron chi connectivity index (χ2n) is 9.26. The van der Waals surface area contributed by atoms with Crippen LogP contribution >= 0.6 is 11.8 Å². The fraction of sp³-hybridized carbons (Fsp3) is 0.609. The molecule has 0 bridgehead atoms. The molecule has 4 rings (SSSR count). The third-order valence-corrected chi connectivity index (χ3v) is 7.38. The van der Waals surface area contributed by atoms with Crippen LogP contribution in [0.1, 0.15) is 83.7 Å². The summed E-state index contributed by atoms with van der Waals surface area (Å²) in [5.41, 5.74) is 2.58. The van der Waals surface area contributed by atoms with Gasteiger partial charge in [0.1, 0.15) is 5.78 Å². The van der Waals surface area contributed by atoms with Crippen LogP contribution in [0, 0.1) is 0 Å². The van der Waals surface area contributed by atoms with Gasteiger partial charge in [0.25, 0.3) is 0 Å². The summed E-state index contributed by atoms with van der Waals surface area (Å²) >= 11 is 1.65. The maximum atomic E-state index is 12.4. The number of nitrogens with zero attached hydrogens (tertiary/aromatic N) is 3. The van der Waals surface area contributed by atoms with E-state index >= 15 is 0 Å². The topological polar surface area (TPSA) is 47.8 Å². The van der Waals surface area contributed by atoms with Crippen molar-refractivity contribution in [2.45, 2.75) is 94.0 Å². The minimum atomic E-state index is 0.0502. The van der Waals surface area contributed by atoms with E-state index in [-0.39, 0.29) is 10.7 Å². The zero-order chi connectivity index (χ0) is 19.7. The van der Waals surface area contributed by atoms with Gasteiger partial charge in [0.15, 0.2) is 11.0 Å². The van der Waals surface area contributed by atoms with Crippen LogP contribution in [0.4, 0.5) is 0 Å². The molecule has 0 N–H and O–H groups in total. The molecule has 2 fully saturated rings. The Morgan fingerprint density at radius 2 is 1.64 bits per heavy atom. The summed E-state index contributed by atoms with van der Waals surface area (Å²) in [5.74, 6) is 1.34. The summed E-state index contributed by atoms with van der Waals surface area (Å²) in [5, 5.41) is 10.1. The summed E-state index contributed by atoms with van der Waals surface area (Å²) in [4.78, 5) is 12.4. The lowest BCUT2D eigenvalue weighted by Crippen LogP contribution is -2.22. The molecule has 150 valence electrons. The third kappa shape index (κ3) is 4.05. The minimum absolute atomic E-state index is 0.0502. The van der Waals surface area contributed by atoms with E-state index < -0.39 is 0 Å². The van der Waals surface area contributed by atoms with Crippen molar-refractivity contribution in [2.24, 2.45) is 0 Å². The predicted molar refractivity (Wildman–Crippen MR) is 115 cm³/mol. The zero-order valence-corrected chi connectivity index (χ0v) is 18.1. The van der Waals surface area contributed by atoms with Gasteiger partial charge in [-0.05, 0) is 36.7 Å². The second kappa shape index (κ2) is 8.02. The summed E-state index contributed by atoms with van der Waals surface area (Å²) in [6, 6.07) is 9.22. The molecular weight excluding hydrogens is 366 g/mol. The first kappa shape index (κ1) is 19.7. The highest BCUT2D eigenvalue weighted by Gasteiger charge is 2.30. The number of benzene rings is 1. The number of carbonyl (C=O) groups excluding carboxylic acids is 1. The molecule has 0 aliphatic heterocycles. The Labute approximate surface area is 172 Å². The molecule has 2 aromatic rings. The molecule has 28 heavy (non-hydrogen) atoms. The van der Waals surface area contributed by atoms with E-state index in [1.165, 1.54) is 31.2 Å². The molecular formula is C23H31N3OS. The molecule has 2 aliphatic carbocycles. The zero-order valence-electron chi connectivity index (χ0n) is 17.3. The van der Waals surface area contributed by atoms with Crippen molar-refractivity contribution in [1.82, 2.24) is 14.8 Å². The van der Waals surface area contributed by atoms with Crippen LogP contribution in [0.2, 0.25) is 0 Å². The van der Waals surface area contributed by atoms with Crippen molar-refractivity contribution < 1.29 is 4.79 Å². The first-order valence-corrected chi connectivity index (χ1v) is 11.6. The highest BCUT2D eigenvalue weighted by atomic mass is 32.2. The maximum Gasteiger partial charge on any atom is 0.192 e. The molecule has 5 heteroatoms. The molecule has 1 heterocycles. The molecule has 2 saturated carbocycles. The number of Topliss-reactive ketones (excluding diaryl/α,β-unsaturated/α-hetero) is 1. The smallest absolute Gasteiger partial charge is 0.192 e. The van der Waals surface area contributed by atoms with Gasteiger partial charge in [-0.1, -0.05) is 76.1 Å². The molecule has 4 nitrogen and oxygen atoms in total. The molecule has 0 amide bonds. The molecule has 1 atom stereocenters. The highest BCUT2D eigenvalue weighted by molar-refractivity contribution is 8.00. The lowest BCUT2D eigenvalue weighted by molar-refractivity contribution is -0.119.